The predicted octanol–water partition coefficient (Wildman–Crippen LogP) is 1.09. The van der Waals surface area contributed by atoms with Gasteiger partial charge in [-0.2, -0.15) is 0 Å². The number of aliphatic carboxylic acids is 1. The van der Waals surface area contributed by atoms with Gasteiger partial charge in [-0.15, -0.1) is 0 Å². The summed E-state index contributed by atoms with van der Waals surface area (Å²) in [6.07, 6.45) is 8.20. The summed E-state index contributed by atoms with van der Waals surface area (Å²) in [6.45, 7) is 2.58. The van der Waals surface area contributed by atoms with Crippen LogP contribution in [0.4, 0.5) is 0 Å². The molecule has 0 aromatic carbocycles. The summed E-state index contributed by atoms with van der Waals surface area (Å²) in [6, 6.07) is 0.761. The number of carboxylic acids is 1. The lowest BCUT2D eigenvalue weighted by Gasteiger charge is -2.23. The summed E-state index contributed by atoms with van der Waals surface area (Å²) in [5.74, 6) is -0.884. The molecular weight excluding hydrogens is 204 g/mol. The smallest absolute Gasteiger partial charge is 0.328 e. The summed E-state index contributed by atoms with van der Waals surface area (Å²) in [4.78, 5) is 12.6. The third-order valence-corrected chi connectivity index (χ3v) is 3.11. The van der Waals surface area contributed by atoms with Crippen molar-refractivity contribution >= 4 is 5.97 Å². The zero-order valence-electron chi connectivity index (χ0n) is 9.98. The Bertz CT molecular complexity index is 235. The van der Waals surface area contributed by atoms with Crippen molar-refractivity contribution in [3.8, 4) is 0 Å². The Balaban J connectivity index is 1.99. The predicted molar refractivity (Wildman–Crippen MR) is 64.5 cm³/mol. The fourth-order valence-corrected chi connectivity index (χ4v) is 2.13. The van der Waals surface area contributed by atoms with Gasteiger partial charge in [0.05, 0.1) is 0 Å². The number of likely N-dealkylation sites (N-methyl/N-ethyl adjacent to an activating group) is 1. The van der Waals surface area contributed by atoms with Crippen LogP contribution in [0.25, 0.3) is 0 Å². The van der Waals surface area contributed by atoms with Gasteiger partial charge in [0.2, 0.25) is 0 Å². The topological polar surface area (TPSA) is 52.6 Å². The van der Waals surface area contributed by atoms with Gasteiger partial charge < -0.3 is 15.3 Å². The lowest BCUT2D eigenvalue weighted by atomic mass is 10.2. The second-order valence-electron chi connectivity index (χ2n) is 4.36. The van der Waals surface area contributed by atoms with Crippen LogP contribution in [0.3, 0.4) is 0 Å². The molecule has 2 N–H and O–H groups in total. The van der Waals surface area contributed by atoms with Crippen molar-refractivity contribution in [2.75, 3.05) is 26.7 Å². The fraction of sp³-hybridized carbons (Fsp3) is 0.750. The summed E-state index contributed by atoms with van der Waals surface area (Å²) < 4.78 is 0. The summed E-state index contributed by atoms with van der Waals surface area (Å²) in [5.41, 5.74) is 0. The van der Waals surface area contributed by atoms with Crippen LogP contribution < -0.4 is 5.32 Å². The molecule has 92 valence electrons. The van der Waals surface area contributed by atoms with Crippen LogP contribution in [0, 0.1) is 0 Å². The van der Waals surface area contributed by atoms with E-state index in [1.807, 2.05) is 0 Å². The fourth-order valence-electron chi connectivity index (χ4n) is 2.13. The maximum Gasteiger partial charge on any atom is 0.328 e. The SMILES string of the molecule is CN(CCNC/C=C/C(=O)O)C1CCCC1. The number of rotatable bonds is 7. The number of carboxylic acid groups (broad SMARTS) is 1. The third kappa shape index (κ3) is 5.28. The molecule has 1 aliphatic rings. The van der Waals surface area contributed by atoms with Gasteiger partial charge >= 0.3 is 5.97 Å². The van der Waals surface area contributed by atoms with E-state index >= 15 is 0 Å². The average Bonchev–Trinajstić information content (AvgIpc) is 2.75. The van der Waals surface area contributed by atoms with E-state index in [1.165, 1.54) is 31.8 Å². The molecule has 1 saturated carbocycles. The molecule has 0 aromatic rings. The van der Waals surface area contributed by atoms with Crippen LogP contribution in [0.5, 0.6) is 0 Å². The summed E-state index contributed by atoms with van der Waals surface area (Å²) >= 11 is 0. The standard InChI is InChI=1S/C12H22N2O2/c1-14(11-5-2-3-6-11)10-9-13-8-4-7-12(15)16/h4,7,11,13H,2-3,5-6,8-10H2,1H3,(H,15,16)/b7-4+. The molecule has 1 rings (SSSR count). The molecule has 16 heavy (non-hydrogen) atoms. The van der Waals surface area contributed by atoms with Crippen LogP contribution >= 0.6 is 0 Å². The number of hydrogen-bond donors (Lipinski definition) is 2. The van der Waals surface area contributed by atoms with E-state index in [0.717, 1.165) is 19.1 Å². The highest BCUT2D eigenvalue weighted by atomic mass is 16.4. The average molecular weight is 226 g/mol. The first-order valence-corrected chi connectivity index (χ1v) is 6.00. The summed E-state index contributed by atoms with van der Waals surface area (Å²) in [5, 5.41) is 11.6. The normalized spacial score (nSPS) is 17.6. The minimum Gasteiger partial charge on any atom is -0.478 e. The van der Waals surface area contributed by atoms with E-state index in [1.54, 1.807) is 6.08 Å². The van der Waals surface area contributed by atoms with Crippen molar-refractivity contribution < 1.29 is 9.90 Å². The first-order chi connectivity index (χ1) is 7.70. The number of nitrogens with zero attached hydrogens (tertiary/aromatic N) is 1. The Hall–Kier alpha value is -0.870. The second kappa shape index (κ2) is 7.41. The zero-order chi connectivity index (χ0) is 11.8. The highest BCUT2D eigenvalue weighted by molar-refractivity contribution is 5.79. The minimum atomic E-state index is -0.884. The van der Waals surface area contributed by atoms with Gasteiger partial charge in [-0.3, -0.25) is 0 Å². The number of nitrogens with one attached hydrogen (secondary N) is 1. The van der Waals surface area contributed by atoms with Crippen molar-refractivity contribution in [1.82, 2.24) is 10.2 Å². The van der Waals surface area contributed by atoms with E-state index in [4.69, 9.17) is 5.11 Å². The van der Waals surface area contributed by atoms with Crippen molar-refractivity contribution in [2.24, 2.45) is 0 Å². The van der Waals surface area contributed by atoms with Gasteiger partial charge in [0, 0.05) is 31.8 Å². The quantitative estimate of drug-likeness (QED) is 0.504. The minimum absolute atomic E-state index is 0.630. The Morgan fingerprint density at radius 3 is 2.81 bits per heavy atom. The Kier molecular flexibility index (Phi) is 6.11. The van der Waals surface area contributed by atoms with Gasteiger partial charge in [-0.1, -0.05) is 18.9 Å². The third-order valence-electron chi connectivity index (χ3n) is 3.11. The molecule has 0 amide bonds. The van der Waals surface area contributed by atoms with Crippen LogP contribution in [-0.2, 0) is 4.79 Å². The van der Waals surface area contributed by atoms with Crippen molar-refractivity contribution in [1.29, 1.82) is 0 Å². The molecule has 1 fully saturated rings. The van der Waals surface area contributed by atoms with E-state index in [9.17, 15) is 4.79 Å². The molecule has 0 bridgehead atoms. The molecule has 4 heteroatoms. The zero-order valence-corrected chi connectivity index (χ0v) is 9.98. The van der Waals surface area contributed by atoms with E-state index in [2.05, 4.69) is 17.3 Å². The number of hydrogen-bond acceptors (Lipinski definition) is 3. The van der Waals surface area contributed by atoms with Crippen LogP contribution in [-0.4, -0.2) is 48.7 Å². The van der Waals surface area contributed by atoms with Crippen molar-refractivity contribution in [3.05, 3.63) is 12.2 Å². The molecular formula is C12H22N2O2. The highest BCUT2D eigenvalue weighted by Crippen LogP contribution is 2.21. The molecule has 0 saturated heterocycles. The van der Waals surface area contributed by atoms with Gasteiger partial charge in [-0.25, -0.2) is 4.79 Å². The first-order valence-electron chi connectivity index (χ1n) is 6.00. The summed E-state index contributed by atoms with van der Waals surface area (Å²) in [7, 11) is 2.17. The largest absolute Gasteiger partial charge is 0.478 e. The van der Waals surface area contributed by atoms with Gasteiger partial charge in [0.25, 0.3) is 0 Å². The van der Waals surface area contributed by atoms with E-state index in [0.29, 0.717) is 6.54 Å². The Morgan fingerprint density at radius 2 is 2.19 bits per heavy atom. The molecule has 0 spiro atoms. The van der Waals surface area contributed by atoms with E-state index in [-0.39, 0.29) is 0 Å². The molecule has 0 aliphatic heterocycles. The lowest BCUT2D eigenvalue weighted by molar-refractivity contribution is -0.131. The molecule has 0 atom stereocenters. The second-order valence-corrected chi connectivity index (χ2v) is 4.36. The monoisotopic (exact) mass is 226 g/mol. The highest BCUT2D eigenvalue weighted by Gasteiger charge is 2.18. The van der Waals surface area contributed by atoms with Crippen molar-refractivity contribution in [3.63, 3.8) is 0 Å². The maximum atomic E-state index is 10.2. The first kappa shape index (κ1) is 13.2. The van der Waals surface area contributed by atoms with Crippen LogP contribution in [0.1, 0.15) is 25.7 Å². The molecule has 0 heterocycles. The van der Waals surface area contributed by atoms with Gasteiger partial charge in [-0.05, 0) is 19.9 Å². The van der Waals surface area contributed by atoms with Crippen LogP contribution in [0.2, 0.25) is 0 Å². The van der Waals surface area contributed by atoms with Crippen molar-refractivity contribution in [2.45, 2.75) is 31.7 Å². The lowest BCUT2D eigenvalue weighted by Crippen LogP contribution is -2.35. The van der Waals surface area contributed by atoms with Gasteiger partial charge in [0.15, 0.2) is 0 Å². The van der Waals surface area contributed by atoms with E-state index < -0.39 is 5.97 Å². The molecule has 0 aromatic heterocycles. The molecule has 4 nitrogen and oxygen atoms in total. The molecule has 0 radical (unpaired) electrons. The molecule has 0 unspecified atom stereocenters. The Morgan fingerprint density at radius 1 is 1.50 bits per heavy atom. The molecule has 1 aliphatic carbocycles. The van der Waals surface area contributed by atoms with Gasteiger partial charge in [0.1, 0.15) is 0 Å². The number of carbonyl (C=O) groups is 1. The maximum absolute atomic E-state index is 10.2. The Labute approximate surface area is 97.3 Å². The van der Waals surface area contributed by atoms with Crippen LogP contribution in [0.15, 0.2) is 12.2 Å².